The zero-order chi connectivity index (χ0) is 18.0. The number of carboxylic acids is 1. The van der Waals surface area contributed by atoms with Crippen LogP contribution in [0, 0.1) is 25.7 Å². The Hall–Kier alpha value is -2.15. The molecule has 0 spiro atoms. The van der Waals surface area contributed by atoms with Crippen LogP contribution < -0.4 is 16.0 Å². The Morgan fingerprint density at radius 3 is 2.12 bits per heavy atom. The number of hydrogen-bond donors (Lipinski definition) is 2. The lowest BCUT2D eigenvalue weighted by Crippen LogP contribution is -2.50. The number of allylic oxidation sites excluding steroid dienone is 2. The summed E-state index contributed by atoms with van der Waals surface area (Å²) < 4.78 is 0. The first kappa shape index (κ1) is 18.2. The fourth-order valence-corrected chi connectivity index (χ4v) is 3.70. The van der Waals surface area contributed by atoms with Crippen LogP contribution in [0.4, 0.5) is 0 Å². The molecule has 7 heteroatoms. The second-order valence-electron chi connectivity index (χ2n) is 6.27. The maximum atomic E-state index is 12.4. The largest absolute Gasteiger partial charge is 0.550 e. The number of hydrazine groups is 1. The standard InChI is InChI=1S/C17H22N2O4S/c1-8-5-12(13(17(22)23)6-9(8)2)15(20)18-19-16(21)14-7-24-11(4)10(14)3/h7,12-13H,5-6H2,1-4H3,(H,18,20)(H,19,21)(H,22,23)/p-1/t12-,13+/m1/s1. The van der Waals surface area contributed by atoms with Gasteiger partial charge in [-0.15, -0.1) is 11.3 Å². The van der Waals surface area contributed by atoms with Gasteiger partial charge >= 0.3 is 0 Å². The van der Waals surface area contributed by atoms with Crippen LogP contribution in [-0.2, 0) is 9.59 Å². The molecule has 1 aromatic rings. The highest BCUT2D eigenvalue weighted by molar-refractivity contribution is 7.10. The average molecular weight is 349 g/mol. The number of carbonyl (C=O) groups is 3. The molecule has 0 bridgehead atoms. The molecule has 130 valence electrons. The topological polar surface area (TPSA) is 98.3 Å². The molecule has 1 aromatic heterocycles. The Bertz CT molecular complexity index is 720. The maximum absolute atomic E-state index is 12.4. The van der Waals surface area contributed by atoms with Crippen LogP contribution in [0.2, 0.25) is 0 Å². The van der Waals surface area contributed by atoms with Gasteiger partial charge in [-0.1, -0.05) is 11.1 Å². The molecule has 0 aromatic carbocycles. The molecule has 0 aliphatic heterocycles. The third-order valence-electron chi connectivity index (χ3n) is 4.74. The number of hydrogen-bond acceptors (Lipinski definition) is 5. The molecule has 0 unspecified atom stereocenters. The van der Waals surface area contributed by atoms with E-state index in [1.54, 1.807) is 5.38 Å². The van der Waals surface area contributed by atoms with E-state index in [0.29, 0.717) is 18.4 Å². The molecule has 2 amide bonds. The van der Waals surface area contributed by atoms with E-state index < -0.39 is 29.6 Å². The minimum Gasteiger partial charge on any atom is -0.550 e. The van der Waals surface area contributed by atoms with E-state index in [2.05, 4.69) is 10.9 Å². The molecular weight excluding hydrogens is 328 g/mol. The molecule has 1 aliphatic carbocycles. The number of carbonyl (C=O) groups excluding carboxylic acids is 3. The van der Waals surface area contributed by atoms with Crippen LogP contribution in [0.1, 0.15) is 47.5 Å². The maximum Gasteiger partial charge on any atom is 0.270 e. The summed E-state index contributed by atoms with van der Waals surface area (Å²) in [6.07, 6.45) is 0.645. The zero-order valence-corrected chi connectivity index (χ0v) is 15.0. The van der Waals surface area contributed by atoms with Crippen molar-refractivity contribution in [2.45, 2.75) is 40.5 Å². The van der Waals surface area contributed by atoms with Crippen molar-refractivity contribution in [1.29, 1.82) is 0 Å². The van der Waals surface area contributed by atoms with Crippen molar-refractivity contribution in [3.63, 3.8) is 0 Å². The molecule has 1 aliphatic rings. The number of nitrogens with one attached hydrogen (secondary N) is 2. The predicted molar refractivity (Wildman–Crippen MR) is 89.0 cm³/mol. The molecule has 6 nitrogen and oxygen atoms in total. The summed E-state index contributed by atoms with van der Waals surface area (Å²) in [5.41, 5.74) is 8.08. The van der Waals surface area contributed by atoms with Gasteiger partial charge in [-0.05, 0) is 46.1 Å². The van der Waals surface area contributed by atoms with Gasteiger partial charge in [0.05, 0.1) is 11.5 Å². The van der Waals surface area contributed by atoms with Crippen molar-refractivity contribution in [1.82, 2.24) is 10.9 Å². The van der Waals surface area contributed by atoms with Crippen molar-refractivity contribution in [2.24, 2.45) is 11.8 Å². The minimum absolute atomic E-state index is 0.295. The third-order valence-corrected chi connectivity index (χ3v) is 5.75. The number of aliphatic carboxylic acids is 1. The molecule has 0 saturated carbocycles. The lowest BCUT2D eigenvalue weighted by molar-refractivity contribution is -0.313. The molecule has 0 saturated heterocycles. The van der Waals surface area contributed by atoms with Crippen molar-refractivity contribution < 1.29 is 19.5 Å². The number of thiophene rings is 1. The third kappa shape index (κ3) is 3.67. The molecule has 24 heavy (non-hydrogen) atoms. The van der Waals surface area contributed by atoms with E-state index in [1.165, 1.54) is 11.3 Å². The number of carboxylic acid groups (broad SMARTS) is 1. The summed E-state index contributed by atoms with van der Waals surface area (Å²) in [6.45, 7) is 7.51. The van der Waals surface area contributed by atoms with Gasteiger partial charge in [-0.25, -0.2) is 0 Å². The lowest BCUT2D eigenvalue weighted by atomic mass is 9.76. The highest BCUT2D eigenvalue weighted by atomic mass is 32.1. The van der Waals surface area contributed by atoms with Gasteiger partial charge in [0.2, 0.25) is 5.91 Å². The Morgan fingerprint density at radius 1 is 1.04 bits per heavy atom. The average Bonchev–Trinajstić information content (AvgIpc) is 2.86. The zero-order valence-electron chi connectivity index (χ0n) is 14.2. The van der Waals surface area contributed by atoms with E-state index in [9.17, 15) is 19.5 Å². The normalized spacial score (nSPS) is 20.7. The van der Waals surface area contributed by atoms with Crippen LogP contribution >= 0.6 is 11.3 Å². The molecule has 0 radical (unpaired) electrons. The quantitative estimate of drug-likeness (QED) is 0.633. The summed E-state index contributed by atoms with van der Waals surface area (Å²) >= 11 is 1.46. The summed E-state index contributed by atoms with van der Waals surface area (Å²) in [6, 6.07) is 0. The Kier molecular flexibility index (Phi) is 5.43. The van der Waals surface area contributed by atoms with Crippen LogP contribution in [0.15, 0.2) is 16.5 Å². The van der Waals surface area contributed by atoms with Crippen LogP contribution in [0.25, 0.3) is 0 Å². The number of rotatable bonds is 3. The van der Waals surface area contributed by atoms with Gasteiger partial charge in [-0.2, -0.15) is 0 Å². The van der Waals surface area contributed by atoms with E-state index in [4.69, 9.17) is 0 Å². The van der Waals surface area contributed by atoms with Crippen molar-refractivity contribution >= 4 is 29.1 Å². The monoisotopic (exact) mass is 349 g/mol. The predicted octanol–water partition coefficient (Wildman–Crippen LogP) is 1.24. The van der Waals surface area contributed by atoms with E-state index in [0.717, 1.165) is 21.6 Å². The molecule has 2 atom stereocenters. The summed E-state index contributed by atoms with van der Waals surface area (Å²) in [7, 11) is 0. The van der Waals surface area contributed by atoms with Crippen LogP contribution in [0.3, 0.4) is 0 Å². The van der Waals surface area contributed by atoms with Gasteiger partial charge in [0, 0.05) is 22.1 Å². The Balaban J connectivity index is 2.04. The Morgan fingerprint density at radius 2 is 1.62 bits per heavy atom. The second kappa shape index (κ2) is 7.17. The van der Waals surface area contributed by atoms with E-state index >= 15 is 0 Å². The van der Waals surface area contributed by atoms with Gasteiger partial charge in [0.1, 0.15) is 0 Å². The van der Waals surface area contributed by atoms with Crippen molar-refractivity contribution in [2.75, 3.05) is 0 Å². The number of amides is 2. The first-order valence-corrected chi connectivity index (χ1v) is 8.61. The summed E-state index contributed by atoms with van der Waals surface area (Å²) in [5, 5.41) is 13.1. The number of aryl methyl sites for hydroxylation is 1. The minimum atomic E-state index is -1.24. The van der Waals surface area contributed by atoms with Crippen LogP contribution in [0.5, 0.6) is 0 Å². The fourth-order valence-electron chi connectivity index (χ4n) is 2.83. The molecule has 2 rings (SSSR count). The van der Waals surface area contributed by atoms with Gasteiger partial charge < -0.3 is 9.90 Å². The Labute approximate surface area is 144 Å². The second-order valence-corrected chi connectivity index (χ2v) is 7.36. The van der Waals surface area contributed by atoms with Gasteiger partial charge in [0.25, 0.3) is 5.91 Å². The van der Waals surface area contributed by atoms with E-state index in [-0.39, 0.29) is 0 Å². The van der Waals surface area contributed by atoms with Crippen molar-refractivity contribution in [3.05, 3.63) is 32.5 Å². The van der Waals surface area contributed by atoms with Gasteiger partial charge in [-0.3, -0.25) is 20.4 Å². The molecule has 1 heterocycles. The molecule has 2 N–H and O–H groups in total. The highest BCUT2D eigenvalue weighted by Crippen LogP contribution is 2.33. The molecule has 0 fully saturated rings. The first-order valence-electron chi connectivity index (χ1n) is 7.73. The smallest absolute Gasteiger partial charge is 0.270 e. The summed E-state index contributed by atoms with van der Waals surface area (Å²) in [4.78, 5) is 36.9. The first-order chi connectivity index (χ1) is 11.2. The highest BCUT2D eigenvalue weighted by Gasteiger charge is 2.33. The van der Waals surface area contributed by atoms with Gasteiger partial charge in [0.15, 0.2) is 0 Å². The lowest BCUT2D eigenvalue weighted by Gasteiger charge is -2.32. The van der Waals surface area contributed by atoms with Crippen molar-refractivity contribution in [3.8, 4) is 0 Å². The molecular formula is C17H21N2O4S-. The summed E-state index contributed by atoms with van der Waals surface area (Å²) in [5.74, 6) is -3.78. The van der Waals surface area contributed by atoms with Crippen LogP contribution in [-0.4, -0.2) is 17.8 Å². The van der Waals surface area contributed by atoms with E-state index in [1.807, 2.05) is 27.7 Å². The SMILES string of the molecule is CC1=C(C)C[C@@H](C(=O)NNC(=O)c2csc(C)c2C)[C@@H](C(=O)[O-])C1. The fraction of sp³-hybridized carbons (Fsp3) is 0.471.